The molecule has 6 nitrogen and oxygen atoms in total. The van der Waals surface area contributed by atoms with Crippen LogP contribution >= 0.6 is 23.2 Å². The van der Waals surface area contributed by atoms with Gasteiger partial charge in [0.05, 0.1) is 28.1 Å². The molecule has 0 amide bonds. The molecule has 48 heavy (non-hydrogen) atoms. The Morgan fingerprint density at radius 1 is 0.667 bits per heavy atom. The first-order valence-electron chi connectivity index (χ1n) is 16.1. The molecule has 3 heterocycles. The van der Waals surface area contributed by atoms with Gasteiger partial charge in [0.2, 0.25) is 0 Å². The topological polar surface area (TPSA) is 61.8 Å². The molecule has 0 aliphatic heterocycles. The molecule has 0 atom stereocenters. The van der Waals surface area contributed by atoms with Gasteiger partial charge in [-0.15, -0.1) is 0 Å². The number of halogens is 3. The molecule has 0 aliphatic rings. The van der Waals surface area contributed by atoms with Crippen LogP contribution in [0.4, 0.5) is 4.39 Å². The summed E-state index contributed by atoms with van der Waals surface area (Å²) >= 11 is 12.6. The second-order valence-electron chi connectivity index (χ2n) is 11.8. The predicted octanol–water partition coefficient (Wildman–Crippen LogP) is 9.89. The Labute approximate surface area is 288 Å². The summed E-state index contributed by atoms with van der Waals surface area (Å²) in [6, 6.07) is 22.7. The molecule has 0 fully saturated rings. The van der Waals surface area contributed by atoms with Gasteiger partial charge in [-0.05, 0) is 116 Å². The number of benzene rings is 3. The minimum atomic E-state index is -0.360. The Balaban J connectivity index is 1.43. The van der Waals surface area contributed by atoms with Crippen molar-refractivity contribution in [1.29, 1.82) is 0 Å². The second-order valence-corrected chi connectivity index (χ2v) is 12.6. The molecule has 0 N–H and O–H groups in total. The van der Waals surface area contributed by atoms with Crippen LogP contribution < -0.4 is 11.1 Å². The normalized spacial score (nSPS) is 11.9. The third kappa shape index (κ3) is 7.08. The summed E-state index contributed by atoms with van der Waals surface area (Å²) in [4.78, 5) is 27.2. The van der Waals surface area contributed by atoms with E-state index in [1.54, 1.807) is 56.3 Å². The average molecular weight is 682 g/mol. The largest absolute Gasteiger partial charge is 0.308 e. The highest BCUT2D eigenvalue weighted by Crippen LogP contribution is 2.23. The maximum absolute atomic E-state index is 13.9. The Morgan fingerprint density at radius 3 is 1.71 bits per heavy atom. The zero-order valence-corrected chi connectivity index (χ0v) is 28.3. The van der Waals surface area contributed by atoms with Gasteiger partial charge in [0.25, 0.3) is 11.1 Å². The van der Waals surface area contributed by atoms with Crippen molar-refractivity contribution in [1.82, 2.24) is 18.9 Å². The summed E-state index contributed by atoms with van der Waals surface area (Å²) in [5.41, 5.74) is 4.39. The lowest BCUT2D eigenvalue weighted by Crippen LogP contribution is -2.22. The molecule has 244 valence electrons. The predicted molar refractivity (Wildman–Crippen MR) is 198 cm³/mol. The second kappa shape index (κ2) is 14.6. The van der Waals surface area contributed by atoms with E-state index >= 15 is 0 Å². The summed E-state index contributed by atoms with van der Waals surface area (Å²) in [6.45, 7) is 5.38. The Morgan fingerprint density at radius 2 is 1.19 bits per heavy atom. The van der Waals surface area contributed by atoms with Crippen LogP contribution in [0.25, 0.3) is 51.8 Å². The molecule has 6 aromatic rings. The van der Waals surface area contributed by atoms with E-state index in [9.17, 15) is 14.0 Å². The average Bonchev–Trinajstić information content (AvgIpc) is 3.49. The summed E-state index contributed by atoms with van der Waals surface area (Å²) < 4.78 is 19.1. The highest BCUT2D eigenvalue weighted by atomic mass is 35.5. The Hall–Kier alpha value is -4.72. The summed E-state index contributed by atoms with van der Waals surface area (Å²) in [7, 11) is 0. The molecule has 0 saturated carbocycles. The fourth-order valence-corrected chi connectivity index (χ4v) is 6.19. The molecule has 6 rings (SSSR count). The van der Waals surface area contributed by atoms with Crippen molar-refractivity contribution >= 4 is 69.3 Å². The van der Waals surface area contributed by atoms with E-state index in [1.807, 2.05) is 48.5 Å². The van der Waals surface area contributed by atoms with Crippen LogP contribution in [0.2, 0.25) is 10.0 Å². The molecule has 9 heteroatoms. The lowest BCUT2D eigenvalue weighted by molar-refractivity contribution is 0.627. The number of hydrogen-bond acceptors (Lipinski definition) is 3. The molecular formula is C39H35Cl2FN4O2. The number of rotatable bonds is 11. The van der Waals surface area contributed by atoms with E-state index in [4.69, 9.17) is 28.3 Å². The zero-order valence-electron chi connectivity index (χ0n) is 26.8. The molecule has 3 aromatic carbocycles. The van der Waals surface area contributed by atoms with Crippen LogP contribution in [0.1, 0.15) is 62.0 Å². The van der Waals surface area contributed by atoms with Crippen LogP contribution in [-0.2, 0) is 13.1 Å². The van der Waals surface area contributed by atoms with Gasteiger partial charge in [0, 0.05) is 45.0 Å². The SMILES string of the molecule is CCCCn1c(=O)c(/C=C/c2cc(/C=C/c3cc4cc(Cl)ccc4n(CCCC)c3=O)n(-c3ccc(F)cc3)n2)cc2cc(Cl)ccc21. The van der Waals surface area contributed by atoms with Crippen LogP contribution in [-0.4, -0.2) is 18.9 Å². The van der Waals surface area contributed by atoms with E-state index < -0.39 is 0 Å². The van der Waals surface area contributed by atoms with E-state index in [-0.39, 0.29) is 16.9 Å². The number of aryl methyl sites for hydroxylation is 2. The van der Waals surface area contributed by atoms with Crippen molar-refractivity contribution in [2.75, 3.05) is 0 Å². The summed E-state index contributed by atoms with van der Waals surface area (Å²) in [5, 5.41) is 7.72. The third-order valence-corrected chi connectivity index (χ3v) is 8.80. The smallest absolute Gasteiger partial charge is 0.258 e. The Bertz CT molecular complexity index is 2300. The zero-order chi connectivity index (χ0) is 33.8. The first-order chi connectivity index (χ1) is 23.2. The van der Waals surface area contributed by atoms with Gasteiger partial charge < -0.3 is 9.13 Å². The first kappa shape index (κ1) is 33.2. The molecule has 0 unspecified atom stereocenters. The van der Waals surface area contributed by atoms with Gasteiger partial charge in [-0.3, -0.25) is 9.59 Å². The highest BCUT2D eigenvalue weighted by molar-refractivity contribution is 6.31. The van der Waals surface area contributed by atoms with Crippen LogP contribution in [0, 0.1) is 5.82 Å². The summed E-state index contributed by atoms with van der Waals surface area (Å²) in [6.07, 6.45) is 10.8. The molecule has 0 radical (unpaired) electrons. The Kier molecular flexibility index (Phi) is 10.1. The van der Waals surface area contributed by atoms with Gasteiger partial charge in [0.1, 0.15) is 5.82 Å². The maximum Gasteiger partial charge on any atom is 0.258 e. The van der Waals surface area contributed by atoms with Crippen LogP contribution in [0.15, 0.2) is 88.5 Å². The van der Waals surface area contributed by atoms with Crippen molar-refractivity contribution in [2.24, 2.45) is 0 Å². The van der Waals surface area contributed by atoms with E-state index in [0.29, 0.717) is 51.3 Å². The van der Waals surface area contributed by atoms with E-state index in [2.05, 4.69) is 13.8 Å². The molecule has 0 aliphatic carbocycles. The monoisotopic (exact) mass is 680 g/mol. The number of aromatic nitrogens is 4. The minimum Gasteiger partial charge on any atom is -0.308 e. The van der Waals surface area contributed by atoms with E-state index in [0.717, 1.165) is 47.5 Å². The van der Waals surface area contributed by atoms with Gasteiger partial charge in [-0.2, -0.15) is 5.10 Å². The fourth-order valence-electron chi connectivity index (χ4n) is 5.83. The third-order valence-electron chi connectivity index (χ3n) is 8.33. The molecule has 0 saturated heterocycles. The maximum atomic E-state index is 13.9. The van der Waals surface area contributed by atoms with Crippen molar-refractivity contribution in [3.63, 3.8) is 0 Å². The highest BCUT2D eigenvalue weighted by Gasteiger charge is 2.12. The van der Waals surface area contributed by atoms with Crippen LogP contribution in [0.3, 0.4) is 0 Å². The molecule has 0 bridgehead atoms. The number of unbranched alkanes of at least 4 members (excludes halogenated alkanes) is 2. The van der Waals surface area contributed by atoms with Gasteiger partial charge in [-0.25, -0.2) is 9.07 Å². The minimum absolute atomic E-state index is 0.0941. The summed E-state index contributed by atoms with van der Waals surface area (Å²) in [5.74, 6) is -0.360. The van der Waals surface area contributed by atoms with Crippen molar-refractivity contribution < 1.29 is 4.39 Å². The molecule has 0 spiro atoms. The van der Waals surface area contributed by atoms with Gasteiger partial charge in [0.15, 0.2) is 0 Å². The number of pyridine rings is 2. The molecule has 3 aromatic heterocycles. The van der Waals surface area contributed by atoms with E-state index in [1.165, 1.54) is 12.1 Å². The number of nitrogens with zero attached hydrogens (tertiary/aromatic N) is 4. The van der Waals surface area contributed by atoms with Crippen LogP contribution in [0.5, 0.6) is 0 Å². The fraction of sp³-hybridized carbons (Fsp3) is 0.205. The molecular weight excluding hydrogens is 646 g/mol. The standard InChI is InChI=1S/C39H35Cl2FN4O2/c1-3-5-19-44-36-17-9-30(40)23-28(36)21-26(38(44)47)7-13-33-25-35(46(43-33)34-15-11-32(42)12-16-34)14-8-27-22-29-24-31(41)10-18-37(29)45(39(27)48)20-6-4-2/h7-18,21-25H,3-6,19-20H2,1-2H3/b13-7+,14-8+. The van der Waals surface area contributed by atoms with Crippen molar-refractivity contribution in [2.45, 2.75) is 52.6 Å². The number of hydrogen-bond donors (Lipinski definition) is 0. The quantitative estimate of drug-likeness (QED) is 0.137. The van der Waals surface area contributed by atoms with Gasteiger partial charge in [-0.1, -0.05) is 49.9 Å². The van der Waals surface area contributed by atoms with Gasteiger partial charge >= 0.3 is 0 Å². The van der Waals surface area contributed by atoms with Crippen molar-refractivity contribution in [3.05, 3.63) is 138 Å². The lowest BCUT2D eigenvalue weighted by Gasteiger charge is -2.12. The first-order valence-corrected chi connectivity index (χ1v) is 16.9. The van der Waals surface area contributed by atoms with Crippen molar-refractivity contribution in [3.8, 4) is 5.69 Å². The lowest BCUT2D eigenvalue weighted by atomic mass is 10.1. The number of fused-ring (bicyclic) bond motifs is 2.